The van der Waals surface area contributed by atoms with E-state index in [0.29, 0.717) is 0 Å². The van der Waals surface area contributed by atoms with Crippen molar-refractivity contribution in [3.8, 4) is 33.9 Å². The van der Waals surface area contributed by atoms with Gasteiger partial charge in [-0.1, -0.05) is 86.6 Å². The minimum absolute atomic E-state index is 0.192. The first kappa shape index (κ1) is 20.8. The van der Waals surface area contributed by atoms with E-state index in [2.05, 4.69) is 110 Å². The van der Waals surface area contributed by atoms with E-state index in [0.717, 1.165) is 50.1 Å². The van der Waals surface area contributed by atoms with Crippen molar-refractivity contribution >= 4 is 21.8 Å². The van der Waals surface area contributed by atoms with E-state index in [9.17, 15) is 0 Å². The van der Waals surface area contributed by atoms with E-state index in [1.54, 1.807) is 0 Å². The Kier molecular flexibility index (Phi) is 4.49. The fraction of sp³-hybridized carbons (Fsp3) is 0.0909. The van der Waals surface area contributed by atoms with Gasteiger partial charge in [-0.15, -0.1) is 0 Å². The van der Waals surface area contributed by atoms with Crippen molar-refractivity contribution in [1.82, 2.24) is 9.97 Å². The molecule has 1 aliphatic rings. The molecule has 0 unspecified atom stereocenters. The highest BCUT2D eigenvalue weighted by molar-refractivity contribution is 6.03. The molecule has 3 nitrogen and oxygen atoms in total. The van der Waals surface area contributed by atoms with Gasteiger partial charge in [0.15, 0.2) is 0 Å². The van der Waals surface area contributed by atoms with Crippen molar-refractivity contribution in [2.45, 2.75) is 19.3 Å². The molecule has 0 spiro atoms. The molecule has 0 saturated heterocycles. The van der Waals surface area contributed by atoms with E-state index < -0.39 is 0 Å². The molecule has 7 rings (SSSR count). The average Bonchev–Trinajstić information content (AvgIpc) is 2.92. The van der Waals surface area contributed by atoms with Crippen molar-refractivity contribution in [3.63, 3.8) is 0 Å². The van der Waals surface area contributed by atoms with Crippen LogP contribution in [-0.4, -0.2) is 9.97 Å². The third-order valence-electron chi connectivity index (χ3n) is 7.33. The maximum absolute atomic E-state index is 6.36. The van der Waals surface area contributed by atoms with Gasteiger partial charge >= 0.3 is 0 Å². The Morgan fingerprint density at radius 2 is 1.39 bits per heavy atom. The van der Waals surface area contributed by atoms with Gasteiger partial charge in [-0.3, -0.25) is 4.98 Å². The van der Waals surface area contributed by atoms with E-state index >= 15 is 0 Å². The van der Waals surface area contributed by atoms with Crippen LogP contribution in [0.5, 0.6) is 11.5 Å². The first-order valence-electron chi connectivity index (χ1n) is 12.3. The number of rotatable bonds is 2. The number of pyridine rings is 2. The summed E-state index contributed by atoms with van der Waals surface area (Å²) in [6.45, 7) is 4.56. The number of aromatic nitrogens is 2. The van der Waals surface area contributed by atoms with E-state index in [-0.39, 0.29) is 5.41 Å². The van der Waals surface area contributed by atoms with Crippen LogP contribution < -0.4 is 4.74 Å². The van der Waals surface area contributed by atoms with E-state index in [1.165, 1.54) is 16.7 Å². The highest BCUT2D eigenvalue weighted by atomic mass is 16.5. The minimum atomic E-state index is -0.192. The number of fused-ring (bicyclic) bond motifs is 5. The second kappa shape index (κ2) is 7.76. The Balaban J connectivity index is 1.38. The summed E-state index contributed by atoms with van der Waals surface area (Å²) < 4.78 is 6.36. The van der Waals surface area contributed by atoms with Gasteiger partial charge < -0.3 is 4.74 Å². The summed E-state index contributed by atoms with van der Waals surface area (Å²) in [6.07, 6.45) is 1.83. The van der Waals surface area contributed by atoms with Crippen molar-refractivity contribution in [3.05, 3.63) is 120 Å². The van der Waals surface area contributed by atoms with Crippen LogP contribution in [0.15, 0.2) is 109 Å². The lowest BCUT2D eigenvalue weighted by Crippen LogP contribution is -2.25. The summed E-state index contributed by atoms with van der Waals surface area (Å²) in [5, 5.41) is 2.19. The van der Waals surface area contributed by atoms with Crippen LogP contribution in [0.3, 0.4) is 0 Å². The molecule has 4 aromatic carbocycles. The molecule has 0 amide bonds. The number of para-hydroxylation sites is 1. The quantitative estimate of drug-likeness (QED) is 0.241. The van der Waals surface area contributed by atoms with Gasteiger partial charge in [0, 0.05) is 39.1 Å². The largest absolute Gasteiger partial charge is 0.457 e. The zero-order chi connectivity index (χ0) is 24.3. The van der Waals surface area contributed by atoms with Crippen molar-refractivity contribution in [2.24, 2.45) is 0 Å². The summed E-state index contributed by atoms with van der Waals surface area (Å²) in [5.41, 5.74) is 8.44. The lowest BCUT2D eigenvalue weighted by molar-refractivity contribution is 0.419. The number of benzene rings is 4. The second-order valence-corrected chi connectivity index (χ2v) is 9.89. The highest BCUT2D eigenvalue weighted by Gasteiger charge is 2.36. The molecule has 0 aliphatic carbocycles. The SMILES string of the molecule is CC1(C)c2ccccc2Oc2cccc(-c3cccc(-c4ccc5ccc6cccnc6c5n4)c3)c21. The molecule has 2 aromatic heterocycles. The maximum atomic E-state index is 6.36. The van der Waals surface area contributed by atoms with Crippen LogP contribution >= 0.6 is 0 Å². The molecular formula is C33H24N2O. The Hall–Kier alpha value is -4.50. The molecule has 36 heavy (non-hydrogen) atoms. The highest BCUT2D eigenvalue weighted by Crippen LogP contribution is 2.51. The molecular weight excluding hydrogens is 440 g/mol. The van der Waals surface area contributed by atoms with Crippen LogP contribution in [0.2, 0.25) is 0 Å². The Morgan fingerprint density at radius 1 is 0.639 bits per heavy atom. The van der Waals surface area contributed by atoms with Crippen molar-refractivity contribution in [2.75, 3.05) is 0 Å². The lowest BCUT2D eigenvalue weighted by atomic mass is 9.73. The second-order valence-electron chi connectivity index (χ2n) is 9.89. The van der Waals surface area contributed by atoms with Gasteiger partial charge in [0.25, 0.3) is 0 Å². The molecule has 0 N–H and O–H groups in total. The van der Waals surface area contributed by atoms with Crippen LogP contribution in [0.1, 0.15) is 25.0 Å². The number of ether oxygens (including phenoxy) is 1. The molecule has 1 aliphatic heterocycles. The van der Waals surface area contributed by atoms with Gasteiger partial charge in [-0.25, -0.2) is 4.98 Å². The zero-order valence-corrected chi connectivity index (χ0v) is 20.2. The maximum Gasteiger partial charge on any atom is 0.132 e. The molecule has 0 saturated carbocycles. The van der Waals surface area contributed by atoms with Crippen LogP contribution in [-0.2, 0) is 5.41 Å². The summed E-state index contributed by atoms with van der Waals surface area (Å²) >= 11 is 0. The van der Waals surface area contributed by atoms with E-state index in [1.807, 2.05) is 18.3 Å². The monoisotopic (exact) mass is 464 g/mol. The van der Waals surface area contributed by atoms with Crippen molar-refractivity contribution < 1.29 is 4.74 Å². The Bertz CT molecular complexity index is 1800. The first-order chi connectivity index (χ1) is 17.6. The molecule has 6 aromatic rings. The van der Waals surface area contributed by atoms with Gasteiger partial charge in [-0.2, -0.15) is 0 Å². The van der Waals surface area contributed by atoms with Crippen molar-refractivity contribution in [1.29, 1.82) is 0 Å². The molecule has 0 atom stereocenters. The molecule has 3 heteroatoms. The normalized spacial score (nSPS) is 13.7. The van der Waals surface area contributed by atoms with Crippen LogP contribution in [0.25, 0.3) is 44.2 Å². The number of hydrogen-bond acceptors (Lipinski definition) is 3. The predicted molar refractivity (Wildman–Crippen MR) is 147 cm³/mol. The van der Waals surface area contributed by atoms with Gasteiger partial charge in [0.05, 0.1) is 16.7 Å². The third-order valence-corrected chi connectivity index (χ3v) is 7.33. The first-order valence-corrected chi connectivity index (χ1v) is 12.3. The fourth-order valence-electron chi connectivity index (χ4n) is 5.56. The van der Waals surface area contributed by atoms with Crippen LogP contribution in [0, 0.1) is 0 Å². The smallest absolute Gasteiger partial charge is 0.132 e. The molecule has 0 radical (unpaired) electrons. The summed E-state index contributed by atoms with van der Waals surface area (Å²) in [5.74, 6) is 1.85. The number of hydrogen-bond donors (Lipinski definition) is 0. The van der Waals surface area contributed by atoms with E-state index in [4.69, 9.17) is 9.72 Å². The van der Waals surface area contributed by atoms with Gasteiger partial charge in [0.2, 0.25) is 0 Å². The van der Waals surface area contributed by atoms with Gasteiger partial charge in [0.1, 0.15) is 11.5 Å². The molecule has 0 fully saturated rings. The van der Waals surface area contributed by atoms with Gasteiger partial charge in [-0.05, 0) is 41.5 Å². The lowest BCUT2D eigenvalue weighted by Gasteiger charge is -2.36. The molecule has 3 heterocycles. The zero-order valence-electron chi connectivity index (χ0n) is 20.2. The predicted octanol–water partition coefficient (Wildman–Crippen LogP) is 8.55. The fourth-order valence-corrected chi connectivity index (χ4v) is 5.56. The Morgan fingerprint density at radius 3 is 2.31 bits per heavy atom. The average molecular weight is 465 g/mol. The standard InChI is InChI=1S/C33H24N2O/c1-33(2)26-12-3-4-13-28(26)36-29-14-6-11-25(30(29)33)23-8-5-9-24(20-23)27-18-17-22-16-15-21-10-7-19-34-31(21)32(22)35-27/h3-20H,1-2H3. The summed E-state index contributed by atoms with van der Waals surface area (Å²) in [6, 6.07) is 35.8. The Labute approximate surface area is 210 Å². The third kappa shape index (κ3) is 3.13. The number of nitrogens with zero attached hydrogens (tertiary/aromatic N) is 2. The minimum Gasteiger partial charge on any atom is -0.457 e. The summed E-state index contributed by atoms with van der Waals surface area (Å²) in [4.78, 5) is 9.68. The molecule has 0 bridgehead atoms. The topological polar surface area (TPSA) is 35.0 Å². The molecule has 172 valence electrons. The van der Waals surface area contributed by atoms with Crippen LogP contribution in [0.4, 0.5) is 0 Å². The summed E-state index contributed by atoms with van der Waals surface area (Å²) in [7, 11) is 0.